The molecule has 0 aromatic heterocycles. The number of carbonyl (C=O) groups is 1. The average Bonchev–Trinajstić information content (AvgIpc) is 1.93. The molecular weight excluding hydrogens is 167 g/mol. The van der Waals surface area contributed by atoms with Crippen molar-refractivity contribution >= 4 is 5.97 Å². The first-order chi connectivity index (χ1) is 5.18. The fourth-order valence-electron chi connectivity index (χ4n) is 0.788. The Balaban J connectivity index is 0. The second-order valence-corrected chi connectivity index (χ2v) is 2.24. The van der Waals surface area contributed by atoms with Gasteiger partial charge in [-0.3, -0.25) is 4.79 Å². The maximum Gasteiger partial charge on any atom is 1.00 e. The van der Waals surface area contributed by atoms with Gasteiger partial charge in [0.15, 0.2) is 0 Å². The Morgan fingerprint density at radius 2 is 1.83 bits per heavy atom. The van der Waals surface area contributed by atoms with Crippen molar-refractivity contribution in [1.29, 1.82) is 0 Å². The standard InChI is InChI=1S/C8H8O3.Na.H/c9-7-3-1-6(2-4-7)5-8(10)11;;/h1-4,9H,5H2,(H,10,11);;/q;+1;-1. The largest absolute Gasteiger partial charge is 1.00 e. The summed E-state index contributed by atoms with van der Waals surface area (Å²) in [5.74, 6) is -0.713. The molecule has 0 atom stereocenters. The first-order valence-corrected chi connectivity index (χ1v) is 3.18. The number of carboxylic acids is 1. The summed E-state index contributed by atoms with van der Waals surface area (Å²) in [4.78, 5) is 10.2. The molecule has 12 heavy (non-hydrogen) atoms. The molecule has 0 fully saturated rings. The number of hydrogen-bond donors (Lipinski definition) is 2. The molecule has 3 nitrogen and oxygen atoms in total. The van der Waals surface area contributed by atoms with E-state index in [1.165, 1.54) is 12.1 Å². The van der Waals surface area contributed by atoms with Gasteiger partial charge >= 0.3 is 35.5 Å². The topological polar surface area (TPSA) is 57.5 Å². The van der Waals surface area contributed by atoms with Gasteiger partial charge in [0, 0.05) is 0 Å². The molecular formula is C8H9NaO3. The molecule has 0 bridgehead atoms. The van der Waals surface area contributed by atoms with E-state index in [-0.39, 0.29) is 43.2 Å². The van der Waals surface area contributed by atoms with E-state index in [0.717, 1.165) is 0 Å². The van der Waals surface area contributed by atoms with Crippen LogP contribution in [0, 0.1) is 0 Å². The minimum atomic E-state index is -0.865. The number of hydrogen-bond acceptors (Lipinski definition) is 2. The van der Waals surface area contributed by atoms with Crippen LogP contribution >= 0.6 is 0 Å². The van der Waals surface area contributed by atoms with Gasteiger partial charge < -0.3 is 11.6 Å². The van der Waals surface area contributed by atoms with Gasteiger partial charge in [-0.15, -0.1) is 0 Å². The zero-order valence-corrected chi connectivity index (χ0v) is 8.82. The quantitative estimate of drug-likeness (QED) is 0.519. The molecule has 0 amide bonds. The number of carboxylic acid groups (broad SMARTS) is 1. The van der Waals surface area contributed by atoms with E-state index in [2.05, 4.69) is 0 Å². The molecule has 0 saturated heterocycles. The third-order valence-corrected chi connectivity index (χ3v) is 1.29. The van der Waals surface area contributed by atoms with Gasteiger partial charge in [-0.05, 0) is 17.7 Å². The summed E-state index contributed by atoms with van der Waals surface area (Å²) in [5.41, 5.74) is 0.690. The predicted molar refractivity (Wildman–Crippen MR) is 40.6 cm³/mol. The Morgan fingerprint density at radius 1 is 1.33 bits per heavy atom. The summed E-state index contributed by atoms with van der Waals surface area (Å²) in [6, 6.07) is 6.11. The van der Waals surface area contributed by atoms with Crippen LogP contribution in [-0.4, -0.2) is 16.2 Å². The van der Waals surface area contributed by atoms with Crippen LogP contribution in [0.25, 0.3) is 0 Å². The maximum absolute atomic E-state index is 10.2. The summed E-state index contributed by atoms with van der Waals surface area (Å²) in [6.07, 6.45) is 0.000278. The van der Waals surface area contributed by atoms with Crippen LogP contribution in [0.4, 0.5) is 0 Å². The number of aliphatic carboxylic acids is 1. The van der Waals surface area contributed by atoms with Gasteiger partial charge in [-0.1, -0.05) is 12.1 Å². The average molecular weight is 176 g/mol. The van der Waals surface area contributed by atoms with Crippen LogP contribution in [0.5, 0.6) is 5.75 Å². The molecule has 2 N–H and O–H groups in total. The normalized spacial score (nSPS) is 8.67. The summed E-state index contributed by atoms with van der Waals surface area (Å²) in [5, 5.41) is 17.2. The van der Waals surface area contributed by atoms with Gasteiger partial charge in [0.2, 0.25) is 0 Å². The monoisotopic (exact) mass is 176 g/mol. The molecule has 0 aliphatic heterocycles. The van der Waals surface area contributed by atoms with Crippen LogP contribution in [0.1, 0.15) is 6.99 Å². The second kappa shape index (κ2) is 5.19. The summed E-state index contributed by atoms with van der Waals surface area (Å²) >= 11 is 0. The Kier molecular flexibility index (Phi) is 4.97. The van der Waals surface area contributed by atoms with Gasteiger partial charge in [0.25, 0.3) is 0 Å². The third-order valence-electron chi connectivity index (χ3n) is 1.29. The van der Waals surface area contributed by atoms with E-state index < -0.39 is 5.97 Å². The van der Waals surface area contributed by atoms with Gasteiger partial charge in [0.05, 0.1) is 6.42 Å². The molecule has 0 radical (unpaired) electrons. The number of phenolic OH excluding ortho intramolecular Hbond substituents is 1. The number of benzene rings is 1. The Labute approximate surface area is 93.8 Å². The molecule has 60 valence electrons. The van der Waals surface area contributed by atoms with Crippen LogP contribution in [0.2, 0.25) is 0 Å². The molecule has 1 aromatic rings. The molecule has 0 aliphatic carbocycles. The number of phenols is 1. The summed E-state index contributed by atoms with van der Waals surface area (Å²) in [7, 11) is 0. The molecule has 1 aromatic carbocycles. The SMILES string of the molecule is O=C(O)Cc1ccc(O)cc1.[H-].[Na+]. The molecule has 0 saturated carbocycles. The van der Waals surface area contributed by atoms with Crippen molar-refractivity contribution in [2.45, 2.75) is 6.42 Å². The van der Waals surface area contributed by atoms with Crippen LogP contribution in [-0.2, 0) is 11.2 Å². The number of rotatable bonds is 2. The third kappa shape index (κ3) is 3.76. The van der Waals surface area contributed by atoms with E-state index in [1.54, 1.807) is 12.1 Å². The smallest absolute Gasteiger partial charge is 1.00 e. The van der Waals surface area contributed by atoms with Crippen molar-refractivity contribution in [2.75, 3.05) is 0 Å². The van der Waals surface area contributed by atoms with Gasteiger partial charge in [0.1, 0.15) is 5.75 Å². The van der Waals surface area contributed by atoms with Crippen molar-refractivity contribution in [2.24, 2.45) is 0 Å². The van der Waals surface area contributed by atoms with E-state index in [0.29, 0.717) is 5.56 Å². The zero-order chi connectivity index (χ0) is 8.27. The van der Waals surface area contributed by atoms with E-state index in [1.807, 2.05) is 0 Å². The molecule has 0 unspecified atom stereocenters. The van der Waals surface area contributed by atoms with Crippen molar-refractivity contribution in [3.63, 3.8) is 0 Å². The fourth-order valence-corrected chi connectivity index (χ4v) is 0.788. The Bertz CT molecular complexity index is 261. The van der Waals surface area contributed by atoms with E-state index in [4.69, 9.17) is 10.2 Å². The zero-order valence-electron chi connectivity index (χ0n) is 7.82. The van der Waals surface area contributed by atoms with Gasteiger partial charge in [-0.2, -0.15) is 0 Å². The maximum atomic E-state index is 10.2. The van der Waals surface area contributed by atoms with Crippen molar-refractivity contribution in [1.82, 2.24) is 0 Å². The first kappa shape index (κ1) is 11.5. The van der Waals surface area contributed by atoms with E-state index >= 15 is 0 Å². The van der Waals surface area contributed by atoms with Crippen molar-refractivity contribution < 1.29 is 46.0 Å². The minimum absolute atomic E-state index is 0. The molecule has 0 heterocycles. The summed E-state index contributed by atoms with van der Waals surface area (Å²) in [6.45, 7) is 0. The van der Waals surface area contributed by atoms with Gasteiger partial charge in [-0.25, -0.2) is 0 Å². The van der Waals surface area contributed by atoms with E-state index in [9.17, 15) is 4.79 Å². The first-order valence-electron chi connectivity index (χ1n) is 3.18. The van der Waals surface area contributed by atoms with Crippen molar-refractivity contribution in [3.05, 3.63) is 29.8 Å². The van der Waals surface area contributed by atoms with Crippen LogP contribution in [0.15, 0.2) is 24.3 Å². The summed E-state index contributed by atoms with van der Waals surface area (Å²) < 4.78 is 0. The Hall–Kier alpha value is -0.510. The number of aromatic hydroxyl groups is 1. The molecule has 4 heteroatoms. The predicted octanol–water partition coefficient (Wildman–Crippen LogP) is -1.86. The molecule has 1 rings (SSSR count). The second-order valence-electron chi connectivity index (χ2n) is 2.24. The molecule has 0 aliphatic rings. The fraction of sp³-hybridized carbons (Fsp3) is 0.125. The Morgan fingerprint density at radius 3 is 2.25 bits per heavy atom. The van der Waals surface area contributed by atoms with Crippen LogP contribution < -0.4 is 29.6 Å². The van der Waals surface area contributed by atoms with Crippen molar-refractivity contribution in [3.8, 4) is 5.75 Å². The minimum Gasteiger partial charge on any atom is -1.00 e. The van der Waals surface area contributed by atoms with Crippen LogP contribution in [0.3, 0.4) is 0 Å². The molecule has 0 spiro atoms.